The van der Waals surface area contributed by atoms with E-state index in [4.69, 9.17) is 0 Å². The van der Waals surface area contributed by atoms with Gasteiger partial charge in [-0.2, -0.15) is 0 Å². The number of rotatable bonds is 10. The van der Waals surface area contributed by atoms with Gasteiger partial charge in [0.05, 0.1) is 5.52 Å². The zero-order valence-corrected chi connectivity index (χ0v) is 24.3. The van der Waals surface area contributed by atoms with Gasteiger partial charge in [-0.3, -0.25) is 4.98 Å². The van der Waals surface area contributed by atoms with Crippen LogP contribution in [-0.2, 0) is 6.42 Å². The molecule has 2 aromatic carbocycles. The van der Waals surface area contributed by atoms with Gasteiger partial charge in [-0.25, -0.2) is 0 Å². The molecule has 0 aliphatic rings. The fourth-order valence-corrected chi connectivity index (χ4v) is 4.16. The molecule has 1 heterocycles. The number of allylic oxidation sites excluding steroid dienone is 8. The second-order valence-electron chi connectivity index (χ2n) is 10.6. The van der Waals surface area contributed by atoms with E-state index in [0.29, 0.717) is 0 Å². The molecule has 0 bridgehead atoms. The molecular weight excluding hydrogens is 446 g/mol. The summed E-state index contributed by atoms with van der Waals surface area (Å²) >= 11 is 0. The second kappa shape index (κ2) is 16.5. The maximum Gasteiger partial charge on any atom is 0.0701 e. The van der Waals surface area contributed by atoms with E-state index < -0.39 is 0 Å². The Morgan fingerprint density at radius 2 is 1.35 bits per heavy atom. The first kappa shape index (κ1) is 30.0. The number of hydrogen-bond acceptors (Lipinski definition) is 1. The maximum absolute atomic E-state index is 4.18. The van der Waals surface area contributed by atoms with Crippen LogP contribution in [0.2, 0.25) is 0 Å². The van der Waals surface area contributed by atoms with Crippen LogP contribution in [-0.4, -0.2) is 4.98 Å². The van der Waals surface area contributed by atoms with Gasteiger partial charge in [0.1, 0.15) is 0 Å². The molecular formula is C36H47N. The minimum Gasteiger partial charge on any atom is -0.256 e. The largest absolute Gasteiger partial charge is 0.256 e. The average molecular weight is 494 g/mol. The highest BCUT2D eigenvalue weighted by Crippen LogP contribution is 2.23. The minimum absolute atomic E-state index is 1.06. The van der Waals surface area contributed by atoms with E-state index in [-0.39, 0.29) is 0 Å². The first-order valence-corrected chi connectivity index (χ1v) is 13.7. The summed E-state index contributed by atoms with van der Waals surface area (Å²) in [5, 5.41) is 1.20. The predicted molar refractivity (Wildman–Crippen MR) is 165 cm³/mol. The fourth-order valence-electron chi connectivity index (χ4n) is 4.16. The molecule has 3 rings (SSSR count). The lowest BCUT2D eigenvalue weighted by Gasteiger charge is -2.12. The molecule has 37 heavy (non-hydrogen) atoms. The molecule has 0 aliphatic carbocycles. The summed E-state index contributed by atoms with van der Waals surface area (Å²) in [7, 11) is 0. The molecule has 0 saturated heterocycles. The van der Waals surface area contributed by atoms with Gasteiger partial charge in [0.2, 0.25) is 0 Å². The third kappa shape index (κ3) is 12.1. The van der Waals surface area contributed by atoms with E-state index in [9.17, 15) is 0 Å². The van der Waals surface area contributed by atoms with Crippen molar-refractivity contribution >= 4 is 10.9 Å². The Morgan fingerprint density at radius 3 is 2.03 bits per heavy atom. The van der Waals surface area contributed by atoms with Crippen LogP contribution in [0.25, 0.3) is 10.9 Å². The van der Waals surface area contributed by atoms with Gasteiger partial charge >= 0.3 is 0 Å². The van der Waals surface area contributed by atoms with Crippen molar-refractivity contribution in [3.05, 3.63) is 124 Å². The van der Waals surface area contributed by atoms with Crippen LogP contribution in [0.4, 0.5) is 0 Å². The Bertz CT molecular complexity index is 1150. The van der Waals surface area contributed by atoms with Crippen molar-refractivity contribution in [2.45, 2.75) is 87.0 Å². The van der Waals surface area contributed by atoms with Gasteiger partial charge in [-0.1, -0.05) is 100 Å². The Labute approximate surface area is 226 Å². The fraction of sp³-hybridized carbons (Fsp3) is 0.361. The summed E-state index contributed by atoms with van der Waals surface area (Å²) in [6, 6.07) is 22.9. The number of pyridine rings is 1. The Hall–Kier alpha value is -3.19. The summed E-state index contributed by atoms with van der Waals surface area (Å²) in [5.41, 5.74) is 11.5. The maximum atomic E-state index is 4.18. The molecule has 0 spiro atoms. The topological polar surface area (TPSA) is 12.9 Å². The first-order valence-electron chi connectivity index (χ1n) is 13.7. The number of benzene rings is 2. The summed E-state index contributed by atoms with van der Waals surface area (Å²) in [6.07, 6.45) is 13.4. The Kier molecular flexibility index (Phi) is 13.4. The molecule has 0 N–H and O–H groups in total. The predicted octanol–water partition coefficient (Wildman–Crippen LogP) is 11.0. The monoisotopic (exact) mass is 493 g/mol. The smallest absolute Gasteiger partial charge is 0.0701 e. The molecule has 0 atom stereocenters. The third-order valence-corrected chi connectivity index (χ3v) is 6.85. The van der Waals surface area contributed by atoms with Gasteiger partial charge in [0.25, 0.3) is 0 Å². The summed E-state index contributed by atoms with van der Waals surface area (Å²) in [5.74, 6) is 0. The minimum atomic E-state index is 1.06. The zero-order valence-electron chi connectivity index (χ0n) is 24.3. The number of para-hydroxylation sites is 1. The van der Waals surface area contributed by atoms with Gasteiger partial charge in [-0.15, -0.1) is 0 Å². The molecule has 3 aromatic rings. The molecule has 1 aromatic heterocycles. The van der Waals surface area contributed by atoms with Gasteiger partial charge in [0.15, 0.2) is 0 Å². The molecule has 0 fully saturated rings. The van der Waals surface area contributed by atoms with Crippen molar-refractivity contribution in [1.29, 1.82) is 0 Å². The normalized spacial score (nSPS) is 11.8. The van der Waals surface area contributed by atoms with Crippen LogP contribution in [0, 0.1) is 0 Å². The number of hydrogen-bond donors (Lipinski definition) is 0. The molecule has 196 valence electrons. The van der Waals surface area contributed by atoms with Gasteiger partial charge in [0, 0.05) is 11.6 Å². The van der Waals surface area contributed by atoms with E-state index in [2.05, 4.69) is 108 Å². The Morgan fingerprint density at radius 1 is 0.676 bits per heavy atom. The number of aromatic nitrogens is 1. The highest BCUT2D eigenvalue weighted by atomic mass is 14.6. The van der Waals surface area contributed by atoms with Crippen molar-refractivity contribution in [1.82, 2.24) is 4.98 Å². The average Bonchev–Trinajstić information content (AvgIpc) is 2.89. The van der Waals surface area contributed by atoms with Crippen molar-refractivity contribution < 1.29 is 0 Å². The van der Waals surface area contributed by atoms with Crippen LogP contribution < -0.4 is 0 Å². The zero-order chi connectivity index (χ0) is 27.0. The van der Waals surface area contributed by atoms with Crippen molar-refractivity contribution in [3.8, 4) is 0 Å². The lowest BCUT2D eigenvalue weighted by atomic mass is 9.94. The second-order valence-corrected chi connectivity index (χ2v) is 10.6. The third-order valence-electron chi connectivity index (χ3n) is 6.85. The molecule has 1 nitrogen and oxygen atoms in total. The van der Waals surface area contributed by atoms with Crippen molar-refractivity contribution in [2.24, 2.45) is 0 Å². The number of nitrogens with zero attached hydrogens (tertiary/aromatic N) is 1. The van der Waals surface area contributed by atoms with E-state index in [1.54, 1.807) is 11.1 Å². The molecule has 0 radical (unpaired) electrons. The summed E-state index contributed by atoms with van der Waals surface area (Å²) < 4.78 is 0. The van der Waals surface area contributed by atoms with Crippen molar-refractivity contribution in [3.63, 3.8) is 0 Å². The molecule has 0 aliphatic heterocycles. The van der Waals surface area contributed by atoms with Crippen LogP contribution >= 0.6 is 0 Å². The van der Waals surface area contributed by atoms with Gasteiger partial charge in [-0.05, 0) is 105 Å². The molecule has 1 heteroatoms. The quantitative estimate of drug-likeness (QED) is 0.256. The van der Waals surface area contributed by atoms with Crippen LogP contribution in [0.3, 0.4) is 0 Å². The van der Waals surface area contributed by atoms with E-state index >= 15 is 0 Å². The number of fused-ring (bicyclic) bond motifs is 1. The lowest BCUT2D eigenvalue weighted by molar-refractivity contribution is 0.854. The summed E-state index contributed by atoms with van der Waals surface area (Å²) in [4.78, 5) is 4.18. The van der Waals surface area contributed by atoms with Crippen LogP contribution in [0.5, 0.6) is 0 Å². The summed E-state index contributed by atoms with van der Waals surface area (Å²) in [6.45, 7) is 15.7. The SMILES string of the molecule is CC(C)=CCC/C(C)=C/CC(CC/C(C)=C(\C)Cc1ccccc1)=C(C)C.c1ccc2ncccc2c1. The Balaban J connectivity index is 0.000000394. The lowest BCUT2D eigenvalue weighted by Crippen LogP contribution is -1.94. The highest BCUT2D eigenvalue weighted by molar-refractivity contribution is 5.77. The highest BCUT2D eigenvalue weighted by Gasteiger charge is 2.04. The van der Waals surface area contributed by atoms with E-state index in [1.807, 2.05) is 30.5 Å². The van der Waals surface area contributed by atoms with Crippen LogP contribution in [0.15, 0.2) is 119 Å². The van der Waals surface area contributed by atoms with E-state index in [1.165, 1.54) is 52.5 Å². The molecule has 0 unspecified atom stereocenters. The van der Waals surface area contributed by atoms with Crippen molar-refractivity contribution in [2.75, 3.05) is 0 Å². The first-order chi connectivity index (χ1) is 17.8. The van der Waals surface area contributed by atoms with Gasteiger partial charge < -0.3 is 0 Å². The van der Waals surface area contributed by atoms with Crippen LogP contribution in [0.1, 0.15) is 86.1 Å². The molecule has 0 amide bonds. The molecule has 0 saturated carbocycles. The van der Waals surface area contributed by atoms with E-state index in [0.717, 1.165) is 24.8 Å². The standard InChI is InChI=1S/C27H40.C9H7N/c1-21(2)12-11-13-23(5)16-18-27(22(3)4)19-17-24(6)25(7)20-26-14-9-8-10-15-26;1-2-6-9-8(4-1)5-3-7-10-9/h8-10,12,14-16H,11,13,17-20H2,1-7H3;1-7H/b23-16+,25-24+;.